The fourth-order valence-corrected chi connectivity index (χ4v) is 2.19. The zero-order chi connectivity index (χ0) is 13.0. The largest absolute Gasteiger partial charge is 0.395 e. The summed E-state index contributed by atoms with van der Waals surface area (Å²) in [7, 11) is 0. The van der Waals surface area contributed by atoms with Crippen LogP contribution in [-0.4, -0.2) is 17.8 Å². The second-order valence-electron chi connectivity index (χ2n) is 4.97. The second-order valence-corrected chi connectivity index (χ2v) is 4.97. The second kappa shape index (κ2) is 6.18. The Kier molecular flexibility index (Phi) is 5.16. The van der Waals surface area contributed by atoms with Crippen LogP contribution in [0.2, 0.25) is 0 Å². The minimum atomic E-state index is 0.186. The van der Waals surface area contributed by atoms with E-state index < -0.39 is 0 Å². The van der Waals surface area contributed by atoms with Crippen LogP contribution in [0.5, 0.6) is 0 Å². The van der Waals surface area contributed by atoms with Gasteiger partial charge in [0.05, 0.1) is 6.61 Å². The van der Waals surface area contributed by atoms with Gasteiger partial charge in [0.1, 0.15) is 0 Å². The van der Waals surface area contributed by atoms with E-state index in [9.17, 15) is 5.11 Å². The number of rotatable bonds is 5. The summed E-state index contributed by atoms with van der Waals surface area (Å²) >= 11 is 0. The Bertz CT molecular complexity index is 369. The Hall–Kier alpha value is -0.860. The van der Waals surface area contributed by atoms with Crippen LogP contribution in [0.1, 0.15) is 48.6 Å². The lowest BCUT2D eigenvalue weighted by molar-refractivity contribution is 0.230. The van der Waals surface area contributed by atoms with Crippen molar-refractivity contribution in [2.24, 2.45) is 0 Å². The van der Waals surface area contributed by atoms with Gasteiger partial charge < -0.3 is 10.4 Å². The van der Waals surface area contributed by atoms with E-state index in [1.54, 1.807) is 0 Å². The molecule has 17 heavy (non-hydrogen) atoms. The molecule has 2 heteroatoms. The zero-order valence-electron chi connectivity index (χ0n) is 11.7. The Balaban J connectivity index is 2.88. The van der Waals surface area contributed by atoms with E-state index in [-0.39, 0.29) is 18.7 Å². The maximum atomic E-state index is 9.23. The molecule has 0 saturated heterocycles. The van der Waals surface area contributed by atoms with Crippen LogP contribution >= 0.6 is 0 Å². The first kappa shape index (κ1) is 14.2. The first-order chi connectivity index (χ1) is 7.99. The van der Waals surface area contributed by atoms with E-state index in [4.69, 9.17) is 0 Å². The molecule has 1 rings (SSSR count). The van der Waals surface area contributed by atoms with Gasteiger partial charge in [-0.2, -0.15) is 0 Å². The molecule has 0 saturated carbocycles. The van der Waals surface area contributed by atoms with Gasteiger partial charge in [-0.05, 0) is 56.4 Å². The van der Waals surface area contributed by atoms with E-state index in [1.807, 2.05) is 0 Å². The quantitative estimate of drug-likeness (QED) is 0.822. The summed E-state index contributed by atoms with van der Waals surface area (Å²) in [4.78, 5) is 0. The topological polar surface area (TPSA) is 32.3 Å². The lowest BCUT2D eigenvalue weighted by atomic mass is 9.96. The molecule has 0 amide bonds. The van der Waals surface area contributed by atoms with Crippen LogP contribution in [0.4, 0.5) is 0 Å². The fourth-order valence-electron chi connectivity index (χ4n) is 2.19. The normalized spacial score (nSPS) is 14.7. The minimum Gasteiger partial charge on any atom is -0.395 e. The highest BCUT2D eigenvalue weighted by Gasteiger charge is 2.13. The van der Waals surface area contributed by atoms with Gasteiger partial charge in [-0.3, -0.25) is 0 Å². The molecule has 0 bridgehead atoms. The lowest BCUT2D eigenvalue weighted by Gasteiger charge is -2.23. The Morgan fingerprint density at radius 1 is 1.12 bits per heavy atom. The molecular weight excluding hydrogens is 210 g/mol. The van der Waals surface area contributed by atoms with Gasteiger partial charge in [0.2, 0.25) is 0 Å². The van der Waals surface area contributed by atoms with E-state index in [0.717, 1.165) is 6.42 Å². The number of aliphatic hydroxyl groups is 1. The highest BCUT2D eigenvalue weighted by atomic mass is 16.3. The van der Waals surface area contributed by atoms with E-state index >= 15 is 0 Å². The molecule has 0 heterocycles. The molecule has 0 fully saturated rings. The highest BCUT2D eigenvalue weighted by Crippen LogP contribution is 2.22. The molecule has 96 valence electrons. The molecule has 0 aliphatic rings. The zero-order valence-corrected chi connectivity index (χ0v) is 11.7. The molecule has 1 aromatic carbocycles. The molecule has 2 atom stereocenters. The SMILES string of the molecule is CCC(CO)NC(C)c1cc(C)c(C)cc1C. The van der Waals surface area contributed by atoms with Gasteiger partial charge in [0.15, 0.2) is 0 Å². The van der Waals surface area contributed by atoms with Crippen LogP contribution in [0, 0.1) is 20.8 Å². The van der Waals surface area contributed by atoms with Crippen LogP contribution < -0.4 is 5.32 Å². The van der Waals surface area contributed by atoms with E-state index in [2.05, 4.69) is 52.1 Å². The number of aliphatic hydroxyl groups excluding tert-OH is 1. The van der Waals surface area contributed by atoms with Gasteiger partial charge in [-0.1, -0.05) is 19.1 Å². The van der Waals surface area contributed by atoms with Crippen molar-refractivity contribution in [1.29, 1.82) is 0 Å². The molecule has 0 aliphatic heterocycles. The number of benzene rings is 1. The van der Waals surface area contributed by atoms with Crippen molar-refractivity contribution >= 4 is 0 Å². The van der Waals surface area contributed by atoms with Gasteiger partial charge in [0.25, 0.3) is 0 Å². The van der Waals surface area contributed by atoms with E-state index in [0.29, 0.717) is 0 Å². The molecule has 0 spiro atoms. The molecular formula is C15H25NO. The van der Waals surface area contributed by atoms with Gasteiger partial charge in [0, 0.05) is 12.1 Å². The maximum Gasteiger partial charge on any atom is 0.0584 e. The van der Waals surface area contributed by atoms with Gasteiger partial charge in [-0.25, -0.2) is 0 Å². The van der Waals surface area contributed by atoms with Crippen molar-refractivity contribution in [3.63, 3.8) is 0 Å². The third-order valence-corrected chi connectivity index (χ3v) is 3.55. The molecule has 0 aromatic heterocycles. The Labute approximate surface area is 105 Å². The van der Waals surface area contributed by atoms with Crippen molar-refractivity contribution in [3.8, 4) is 0 Å². The molecule has 1 aromatic rings. The summed E-state index contributed by atoms with van der Waals surface area (Å²) < 4.78 is 0. The summed E-state index contributed by atoms with van der Waals surface area (Å²) in [6.45, 7) is 10.9. The molecule has 2 unspecified atom stereocenters. The van der Waals surface area contributed by atoms with Crippen molar-refractivity contribution in [1.82, 2.24) is 5.32 Å². The number of nitrogens with one attached hydrogen (secondary N) is 1. The van der Waals surface area contributed by atoms with Crippen molar-refractivity contribution in [2.45, 2.75) is 53.1 Å². The van der Waals surface area contributed by atoms with Crippen molar-refractivity contribution in [3.05, 3.63) is 34.4 Å². The maximum absolute atomic E-state index is 9.23. The minimum absolute atomic E-state index is 0.186. The summed E-state index contributed by atoms with van der Waals surface area (Å²) in [5, 5.41) is 12.7. The first-order valence-corrected chi connectivity index (χ1v) is 6.44. The van der Waals surface area contributed by atoms with E-state index in [1.165, 1.54) is 22.3 Å². The fraction of sp³-hybridized carbons (Fsp3) is 0.600. The Morgan fingerprint density at radius 3 is 2.24 bits per heavy atom. The average Bonchev–Trinajstić information content (AvgIpc) is 2.30. The highest BCUT2D eigenvalue weighted by molar-refractivity contribution is 5.38. The van der Waals surface area contributed by atoms with Gasteiger partial charge >= 0.3 is 0 Å². The first-order valence-electron chi connectivity index (χ1n) is 6.44. The summed E-state index contributed by atoms with van der Waals surface area (Å²) in [6.07, 6.45) is 0.949. The monoisotopic (exact) mass is 235 g/mol. The number of hydrogen-bond donors (Lipinski definition) is 2. The van der Waals surface area contributed by atoms with Crippen molar-refractivity contribution < 1.29 is 5.11 Å². The third-order valence-electron chi connectivity index (χ3n) is 3.55. The average molecular weight is 235 g/mol. The predicted octanol–water partition coefficient (Wildman–Crippen LogP) is 3.03. The smallest absolute Gasteiger partial charge is 0.0584 e. The summed E-state index contributed by atoms with van der Waals surface area (Å²) in [5.41, 5.74) is 5.32. The number of hydrogen-bond acceptors (Lipinski definition) is 2. The number of aryl methyl sites for hydroxylation is 3. The van der Waals surface area contributed by atoms with Crippen LogP contribution in [0.15, 0.2) is 12.1 Å². The summed E-state index contributed by atoms with van der Waals surface area (Å²) in [6, 6.07) is 4.97. The standard InChI is InChI=1S/C15H25NO/c1-6-14(9-17)16-13(5)15-8-11(3)10(2)7-12(15)4/h7-8,13-14,16-17H,6,9H2,1-5H3. The Morgan fingerprint density at radius 2 is 1.71 bits per heavy atom. The predicted molar refractivity (Wildman–Crippen MR) is 73.4 cm³/mol. The van der Waals surface area contributed by atoms with Gasteiger partial charge in [-0.15, -0.1) is 0 Å². The van der Waals surface area contributed by atoms with Crippen molar-refractivity contribution in [2.75, 3.05) is 6.61 Å². The van der Waals surface area contributed by atoms with Crippen LogP contribution in [0.3, 0.4) is 0 Å². The van der Waals surface area contributed by atoms with Crippen LogP contribution in [0.25, 0.3) is 0 Å². The lowest BCUT2D eigenvalue weighted by Crippen LogP contribution is -2.34. The molecule has 2 nitrogen and oxygen atoms in total. The molecule has 0 radical (unpaired) electrons. The van der Waals surface area contributed by atoms with Crippen LogP contribution in [-0.2, 0) is 0 Å². The third kappa shape index (κ3) is 3.55. The molecule has 0 aliphatic carbocycles. The summed E-state index contributed by atoms with van der Waals surface area (Å²) in [5.74, 6) is 0. The molecule has 2 N–H and O–H groups in total.